The van der Waals surface area contributed by atoms with Gasteiger partial charge in [0.25, 0.3) is 0 Å². The molecule has 0 unspecified atom stereocenters. The molecule has 0 amide bonds. The van der Waals surface area contributed by atoms with E-state index in [1.165, 1.54) is 19.5 Å². The number of nitrogens with two attached hydrogens (primary N) is 1. The van der Waals surface area contributed by atoms with Gasteiger partial charge in [0.05, 0.1) is 0 Å². The number of rotatable bonds is 0. The summed E-state index contributed by atoms with van der Waals surface area (Å²) < 4.78 is 0.194. The highest BCUT2D eigenvalue weighted by molar-refractivity contribution is 8.10. The summed E-state index contributed by atoms with van der Waals surface area (Å²) in [5, 5.41) is 6.57. The lowest BCUT2D eigenvalue weighted by Crippen LogP contribution is -2.21. The van der Waals surface area contributed by atoms with Gasteiger partial charge in [0.1, 0.15) is 4.32 Å². The van der Waals surface area contributed by atoms with E-state index in [1.54, 1.807) is 0 Å². The Bertz CT molecular complexity index is 84.3. The molecule has 0 aromatic heterocycles. The lowest BCUT2D eigenvalue weighted by atomic mass is 10.4. The van der Waals surface area contributed by atoms with E-state index in [4.69, 9.17) is 5.73 Å². The average molecular weight is 193 g/mol. The van der Waals surface area contributed by atoms with Crippen molar-refractivity contribution in [2.24, 2.45) is 5.73 Å². The molecule has 0 radical (unpaired) electrons. The number of nitrogens with one attached hydrogen (secondary N) is 2. The van der Waals surface area contributed by atoms with Crippen molar-refractivity contribution in [3.8, 4) is 0 Å². The second-order valence-electron chi connectivity index (χ2n) is 2.19. The Labute approximate surface area is 78.5 Å². The van der Waals surface area contributed by atoms with E-state index in [2.05, 4.69) is 35.5 Å². The monoisotopic (exact) mass is 193 g/mol. The molecule has 4 N–H and O–H groups in total. The maximum absolute atomic E-state index is 4.71. The van der Waals surface area contributed by atoms with Crippen molar-refractivity contribution in [1.82, 2.24) is 10.6 Å². The molecule has 5 heteroatoms. The molecule has 0 aromatic carbocycles. The van der Waals surface area contributed by atoms with E-state index in [9.17, 15) is 0 Å². The Morgan fingerprint density at radius 1 is 1.18 bits per heavy atom. The summed E-state index contributed by atoms with van der Waals surface area (Å²) in [6.07, 6.45) is 1.28. The molecular weight excluding hydrogens is 178 g/mol. The first kappa shape index (κ1) is 11.2. The van der Waals surface area contributed by atoms with E-state index < -0.39 is 0 Å². The van der Waals surface area contributed by atoms with Crippen LogP contribution in [0, 0.1) is 0 Å². The summed E-state index contributed by atoms with van der Waals surface area (Å²) in [6, 6.07) is 0. The van der Waals surface area contributed by atoms with Crippen molar-refractivity contribution in [3.05, 3.63) is 0 Å². The van der Waals surface area contributed by atoms with Crippen LogP contribution < -0.4 is 16.4 Å². The number of hydrogen-bond donors (Lipinski definition) is 4. The minimum atomic E-state index is 0.194. The molecule has 1 heterocycles. The zero-order valence-corrected chi connectivity index (χ0v) is 8.18. The molecule has 1 saturated heterocycles. The lowest BCUT2D eigenvalue weighted by molar-refractivity contribution is 0.718. The third-order valence-electron chi connectivity index (χ3n) is 1.19. The molecule has 0 atom stereocenters. The number of thiocarbonyl (C=S) groups is 1. The molecule has 1 aliphatic rings. The normalized spacial score (nSPS) is 17.5. The summed E-state index contributed by atoms with van der Waals surface area (Å²) in [4.78, 5) is 0. The largest absolute Gasteiger partial charge is 0.385 e. The van der Waals surface area contributed by atoms with Crippen molar-refractivity contribution < 1.29 is 0 Å². The third kappa shape index (κ3) is 13.2. The first-order valence-corrected chi connectivity index (χ1v) is 4.49. The third-order valence-corrected chi connectivity index (χ3v) is 1.19. The highest BCUT2D eigenvalue weighted by atomic mass is 32.1. The second-order valence-corrected chi connectivity index (χ2v) is 3.42. The molecular formula is C6H15N3S2. The highest BCUT2D eigenvalue weighted by Gasteiger charge is 1.92. The Morgan fingerprint density at radius 3 is 1.91 bits per heavy atom. The summed E-state index contributed by atoms with van der Waals surface area (Å²) in [5.74, 6) is 0. The fourth-order valence-electron chi connectivity index (χ4n) is 0.765. The van der Waals surface area contributed by atoms with Crippen molar-refractivity contribution in [1.29, 1.82) is 0 Å². The van der Waals surface area contributed by atoms with Gasteiger partial charge >= 0.3 is 0 Å². The Kier molecular flexibility index (Phi) is 8.38. The first-order chi connectivity index (χ1) is 5.23. The fourth-order valence-corrected chi connectivity index (χ4v) is 0.765. The van der Waals surface area contributed by atoms with Gasteiger partial charge < -0.3 is 16.4 Å². The van der Waals surface area contributed by atoms with Crippen LogP contribution >= 0.6 is 24.8 Å². The topological polar surface area (TPSA) is 50.1 Å². The van der Waals surface area contributed by atoms with Gasteiger partial charge in [-0.05, 0) is 19.5 Å². The molecule has 1 rings (SSSR count). The van der Waals surface area contributed by atoms with Crippen molar-refractivity contribution in [2.45, 2.75) is 6.42 Å². The number of hydrogen-bond acceptors (Lipinski definition) is 3. The molecule has 11 heavy (non-hydrogen) atoms. The van der Waals surface area contributed by atoms with Gasteiger partial charge in [-0.3, -0.25) is 0 Å². The van der Waals surface area contributed by atoms with Crippen LogP contribution in [0.1, 0.15) is 6.42 Å². The van der Waals surface area contributed by atoms with Gasteiger partial charge in [-0.15, -0.1) is 12.6 Å². The van der Waals surface area contributed by atoms with Crippen molar-refractivity contribution >= 4 is 29.2 Å². The zero-order valence-electron chi connectivity index (χ0n) is 6.47. The summed E-state index contributed by atoms with van der Waals surface area (Å²) in [6.45, 7) is 4.65. The summed E-state index contributed by atoms with van der Waals surface area (Å²) in [5.41, 5.74) is 4.71. The predicted molar refractivity (Wildman–Crippen MR) is 56.1 cm³/mol. The molecule has 0 aliphatic carbocycles. The molecule has 1 fully saturated rings. The molecule has 0 bridgehead atoms. The first-order valence-electron chi connectivity index (χ1n) is 3.63. The van der Waals surface area contributed by atoms with Gasteiger partial charge in [0.15, 0.2) is 0 Å². The maximum Gasteiger partial charge on any atom is 0.128 e. The van der Waals surface area contributed by atoms with Crippen LogP contribution in [0.3, 0.4) is 0 Å². The molecule has 3 nitrogen and oxygen atoms in total. The fraction of sp³-hybridized carbons (Fsp3) is 0.833. The van der Waals surface area contributed by atoms with Crippen molar-refractivity contribution in [3.63, 3.8) is 0 Å². The van der Waals surface area contributed by atoms with Gasteiger partial charge in [-0.1, -0.05) is 12.2 Å². The standard InChI is InChI=1S/C5H12N2.CH3NS2/c1-2-6-4-5-7-3-1;2-1(3)4/h6-7H,1-5H2;(H3,2,3,4). The zero-order chi connectivity index (χ0) is 8.53. The summed E-state index contributed by atoms with van der Waals surface area (Å²) >= 11 is 7.65. The van der Waals surface area contributed by atoms with Crippen LogP contribution in [0.15, 0.2) is 0 Å². The minimum absolute atomic E-state index is 0.194. The van der Waals surface area contributed by atoms with Gasteiger partial charge in [0, 0.05) is 13.1 Å². The van der Waals surface area contributed by atoms with E-state index >= 15 is 0 Å². The van der Waals surface area contributed by atoms with Gasteiger partial charge in [-0.25, -0.2) is 0 Å². The van der Waals surface area contributed by atoms with Gasteiger partial charge in [-0.2, -0.15) is 0 Å². The summed E-state index contributed by atoms with van der Waals surface area (Å²) in [7, 11) is 0. The van der Waals surface area contributed by atoms with E-state index in [0.717, 1.165) is 13.1 Å². The predicted octanol–water partition coefficient (Wildman–Crippen LogP) is -0.271. The van der Waals surface area contributed by atoms with Gasteiger partial charge in [0.2, 0.25) is 0 Å². The van der Waals surface area contributed by atoms with Crippen LogP contribution in [0.5, 0.6) is 0 Å². The average Bonchev–Trinajstić information content (AvgIpc) is 2.13. The number of thiol groups is 1. The van der Waals surface area contributed by atoms with Crippen LogP contribution in [-0.2, 0) is 0 Å². The Hall–Kier alpha value is 0.160. The molecule has 0 saturated carbocycles. The maximum atomic E-state index is 4.71. The lowest BCUT2D eigenvalue weighted by Gasteiger charge is -1.92. The quantitative estimate of drug-likeness (QED) is 0.316. The van der Waals surface area contributed by atoms with Crippen LogP contribution in [-0.4, -0.2) is 30.5 Å². The molecule has 0 spiro atoms. The van der Waals surface area contributed by atoms with E-state index in [-0.39, 0.29) is 4.32 Å². The Balaban J connectivity index is 0.000000218. The smallest absolute Gasteiger partial charge is 0.128 e. The molecule has 0 aromatic rings. The van der Waals surface area contributed by atoms with E-state index in [1.807, 2.05) is 0 Å². The molecule has 66 valence electrons. The Morgan fingerprint density at radius 2 is 1.55 bits per heavy atom. The van der Waals surface area contributed by atoms with Crippen LogP contribution in [0.25, 0.3) is 0 Å². The second kappa shape index (κ2) is 8.26. The van der Waals surface area contributed by atoms with Crippen molar-refractivity contribution in [2.75, 3.05) is 26.2 Å². The minimum Gasteiger partial charge on any atom is -0.385 e. The SMILES string of the molecule is C1CNCCNC1.NC(=S)S. The molecule has 1 aliphatic heterocycles. The van der Waals surface area contributed by atoms with Crippen LogP contribution in [0.2, 0.25) is 0 Å². The highest BCUT2D eigenvalue weighted by Crippen LogP contribution is 1.75. The van der Waals surface area contributed by atoms with E-state index in [0.29, 0.717) is 0 Å². The van der Waals surface area contributed by atoms with Crippen LogP contribution in [0.4, 0.5) is 0 Å².